The number of aliphatic carboxylic acids is 1. The van der Waals surface area contributed by atoms with Gasteiger partial charge in [0.25, 0.3) is 0 Å². The predicted octanol–water partition coefficient (Wildman–Crippen LogP) is 0.0948. The summed E-state index contributed by atoms with van der Waals surface area (Å²) in [5.41, 5.74) is 5.17. The summed E-state index contributed by atoms with van der Waals surface area (Å²) in [5, 5.41) is 11.5. The highest BCUT2D eigenvalue weighted by atomic mass is 16.4. The van der Waals surface area contributed by atoms with Gasteiger partial charge in [-0.15, -0.1) is 0 Å². The van der Waals surface area contributed by atoms with Gasteiger partial charge in [0, 0.05) is 6.54 Å². The molecule has 0 heterocycles. The van der Waals surface area contributed by atoms with Crippen molar-refractivity contribution in [2.75, 3.05) is 6.54 Å². The van der Waals surface area contributed by atoms with Gasteiger partial charge in [0.1, 0.15) is 0 Å². The van der Waals surface area contributed by atoms with Crippen molar-refractivity contribution in [3.8, 4) is 0 Å². The van der Waals surface area contributed by atoms with Gasteiger partial charge in [-0.1, -0.05) is 6.42 Å². The molecule has 1 rings (SSSR count). The molecule has 0 aliphatic heterocycles. The Morgan fingerprint density at radius 2 is 2.13 bits per heavy atom. The van der Waals surface area contributed by atoms with Crippen LogP contribution in [0, 0.1) is 5.41 Å². The van der Waals surface area contributed by atoms with E-state index in [4.69, 9.17) is 10.8 Å². The number of hydrogen-bond donors (Lipinski definition) is 3. The maximum Gasteiger partial charge on any atom is 0.303 e. The number of nitrogens with one attached hydrogen (secondary N) is 1. The molecule has 0 spiro atoms. The average molecular weight is 214 g/mol. The number of carboxylic acid groups (broad SMARTS) is 1. The van der Waals surface area contributed by atoms with E-state index in [1.54, 1.807) is 6.92 Å². The molecule has 5 nitrogen and oxygen atoms in total. The first-order valence-electron chi connectivity index (χ1n) is 5.20. The Labute approximate surface area is 89.0 Å². The Hall–Kier alpha value is -1.10. The number of rotatable bonds is 5. The summed E-state index contributed by atoms with van der Waals surface area (Å²) in [7, 11) is 0. The summed E-state index contributed by atoms with van der Waals surface area (Å²) >= 11 is 0. The summed E-state index contributed by atoms with van der Waals surface area (Å²) in [6.07, 6.45) is 2.92. The van der Waals surface area contributed by atoms with Crippen molar-refractivity contribution in [3.63, 3.8) is 0 Å². The highest BCUT2D eigenvalue weighted by Crippen LogP contribution is 2.43. The quantitative estimate of drug-likeness (QED) is 0.605. The fourth-order valence-corrected chi connectivity index (χ4v) is 1.85. The van der Waals surface area contributed by atoms with Crippen LogP contribution in [0.4, 0.5) is 0 Å². The molecule has 1 aliphatic carbocycles. The Morgan fingerprint density at radius 1 is 1.53 bits per heavy atom. The van der Waals surface area contributed by atoms with Crippen molar-refractivity contribution in [1.29, 1.82) is 0 Å². The van der Waals surface area contributed by atoms with Crippen LogP contribution in [0.1, 0.15) is 32.6 Å². The first-order chi connectivity index (χ1) is 6.95. The van der Waals surface area contributed by atoms with Crippen molar-refractivity contribution in [2.45, 2.75) is 38.6 Å². The minimum Gasteiger partial charge on any atom is -0.481 e. The Balaban J connectivity index is 2.40. The minimum atomic E-state index is -0.801. The topological polar surface area (TPSA) is 92.4 Å². The van der Waals surface area contributed by atoms with Crippen LogP contribution in [0.5, 0.6) is 0 Å². The Bertz CT molecular complexity index is 259. The molecule has 1 fully saturated rings. The van der Waals surface area contributed by atoms with Crippen LogP contribution in [0.2, 0.25) is 0 Å². The molecule has 0 aromatic heterocycles. The molecule has 15 heavy (non-hydrogen) atoms. The van der Waals surface area contributed by atoms with Crippen LogP contribution < -0.4 is 11.1 Å². The molecule has 86 valence electrons. The molecule has 0 saturated heterocycles. The second kappa shape index (κ2) is 4.61. The van der Waals surface area contributed by atoms with Crippen LogP contribution in [0.15, 0.2) is 0 Å². The summed E-state index contributed by atoms with van der Waals surface area (Å²) in [4.78, 5) is 21.9. The van der Waals surface area contributed by atoms with Crippen molar-refractivity contribution < 1.29 is 14.7 Å². The molecule has 0 aromatic carbocycles. The molecule has 1 unspecified atom stereocenters. The molecule has 5 heteroatoms. The van der Waals surface area contributed by atoms with E-state index >= 15 is 0 Å². The van der Waals surface area contributed by atoms with E-state index in [-0.39, 0.29) is 17.7 Å². The average Bonchev–Trinajstić information content (AvgIpc) is 2.08. The van der Waals surface area contributed by atoms with E-state index in [2.05, 4.69) is 5.32 Å². The fourth-order valence-electron chi connectivity index (χ4n) is 1.85. The van der Waals surface area contributed by atoms with Crippen LogP contribution in [-0.2, 0) is 9.59 Å². The van der Waals surface area contributed by atoms with E-state index in [9.17, 15) is 9.59 Å². The minimum absolute atomic E-state index is 0.131. The van der Waals surface area contributed by atoms with Crippen LogP contribution in [0.25, 0.3) is 0 Å². The standard InChI is InChI=1S/C10H18N2O3/c1-7(11)9(15)12-6-10(3-2-4-10)5-8(13)14/h7H,2-6,11H2,1H3,(H,12,15)(H,13,14). The lowest BCUT2D eigenvalue weighted by atomic mass is 9.66. The lowest BCUT2D eigenvalue weighted by Gasteiger charge is -2.41. The van der Waals surface area contributed by atoms with Gasteiger partial charge < -0.3 is 16.2 Å². The first kappa shape index (κ1) is 12.0. The largest absolute Gasteiger partial charge is 0.481 e. The summed E-state index contributed by atoms with van der Waals surface area (Å²) in [5.74, 6) is -1.02. The van der Waals surface area contributed by atoms with Crippen molar-refractivity contribution >= 4 is 11.9 Å². The van der Waals surface area contributed by atoms with Crippen LogP contribution in [-0.4, -0.2) is 29.6 Å². The van der Waals surface area contributed by atoms with Gasteiger partial charge in [-0.25, -0.2) is 0 Å². The highest BCUT2D eigenvalue weighted by Gasteiger charge is 2.39. The maximum absolute atomic E-state index is 11.2. The number of carbonyl (C=O) groups is 2. The fraction of sp³-hybridized carbons (Fsp3) is 0.800. The van der Waals surface area contributed by atoms with E-state index in [0.717, 1.165) is 19.3 Å². The van der Waals surface area contributed by atoms with Crippen LogP contribution in [0.3, 0.4) is 0 Å². The third kappa shape index (κ3) is 3.20. The molecule has 1 atom stereocenters. The maximum atomic E-state index is 11.2. The zero-order valence-electron chi connectivity index (χ0n) is 8.95. The number of carboxylic acids is 1. The summed E-state index contributed by atoms with van der Waals surface area (Å²) in [6.45, 7) is 2.04. The van der Waals surface area contributed by atoms with E-state index in [1.165, 1.54) is 0 Å². The summed E-state index contributed by atoms with van der Waals surface area (Å²) < 4.78 is 0. The first-order valence-corrected chi connectivity index (χ1v) is 5.20. The number of amides is 1. The molecule has 1 saturated carbocycles. The smallest absolute Gasteiger partial charge is 0.303 e. The van der Waals surface area contributed by atoms with Gasteiger partial charge in [0.05, 0.1) is 12.5 Å². The second-order valence-corrected chi connectivity index (χ2v) is 4.43. The van der Waals surface area contributed by atoms with Gasteiger partial charge in [-0.3, -0.25) is 9.59 Å². The zero-order valence-corrected chi connectivity index (χ0v) is 8.95. The Kier molecular flexibility index (Phi) is 3.68. The second-order valence-electron chi connectivity index (χ2n) is 4.43. The number of nitrogens with two attached hydrogens (primary N) is 1. The van der Waals surface area contributed by atoms with E-state index in [1.807, 2.05) is 0 Å². The zero-order chi connectivity index (χ0) is 11.5. The number of hydrogen-bond acceptors (Lipinski definition) is 3. The van der Waals surface area contributed by atoms with Gasteiger partial charge in [-0.05, 0) is 25.2 Å². The van der Waals surface area contributed by atoms with Gasteiger partial charge >= 0.3 is 5.97 Å². The lowest BCUT2D eigenvalue weighted by Crippen LogP contribution is -2.47. The van der Waals surface area contributed by atoms with Crippen LogP contribution >= 0.6 is 0 Å². The van der Waals surface area contributed by atoms with Crippen molar-refractivity contribution in [1.82, 2.24) is 5.32 Å². The van der Waals surface area contributed by atoms with Crippen molar-refractivity contribution in [3.05, 3.63) is 0 Å². The molecule has 1 aliphatic rings. The molecular formula is C10H18N2O3. The monoisotopic (exact) mass is 214 g/mol. The molecular weight excluding hydrogens is 196 g/mol. The molecule has 1 amide bonds. The lowest BCUT2D eigenvalue weighted by molar-refractivity contribution is -0.141. The predicted molar refractivity (Wildman–Crippen MR) is 55.2 cm³/mol. The third-order valence-corrected chi connectivity index (χ3v) is 2.99. The normalized spacial score (nSPS) is 20.1. The number of carbonyl (C=O) groups excluding carboxylic acids is 1. The van der Waals surface area contributed by atoms with Gasteiger partial charge in [0.15, 0.2) is 0 Å². The Morgan fingerprint density at radius 3 is 2.47 bits per heavy atom. The van der Waals surface area contributed by atoms with E-state index in [0.29, 0.717) is 6.54 Å². The SMILES string of the molecule is CC(N)C(=O)NCC1(CC(=O)O)CCC1. The molecule has 0 aromatic rings. The van der Waals surface area contributed by atoms with Gasteiger partial charge in [0.2, 0.25) is 5.91 Å². The van der Waals surface area contributed by atoms with Gasteiger partial charge in [-0.2, -0.15) is 0 Å². The van der Waals surface area contributed by atoms with E-state index < -0.39 is 12.0 Å². The summed E-state index contributed by atoms with van der Waals surface area (Å²) in [6, 6.07) is -0.535. The molecule has 0 bridgehead atoms. The molecule has 4 N–H and O–H groups in total. The third-order valence-electron chi connectivity index (χ3n) is 2.99. The molecule has 0 radical (unpaired) electrons. The highest BCUT2D eigenvalue weighted by molar-refractivity contribution is 5.81. The van der Waals surface area contributed by atoms with Crippen molar-refractivity contribution in [2.24, 2.45) is 11.1 Å².